The third-order valence-corrected chi connectivity index (χ3v) is 5.20. The van der Waals surface area contributed by atoms with Gasteiger partial charge in [0.25, 0.3) is 0 Å². The summed E-state index contributed by atoms with van der Waals surface area (Å²) in [7, 11) is 0. The number of carbonyl (C=O) groups is 1. The van der Waals surface area contributed by atoms with Crippen molar-refractivity contribution in [2.24, 2.45) is 0 Å². The van der Waals surface area contributed by atoms with Crippen molar-refractivity contribution in [2.75, 3.05) is 11.9 Å². The third-order valence-electron chi connectivity index (χ3n) is 5.20. The first-order valence-corrected chi connectivity index (χ1v) is 10.1. The molecule has 0 saturated heterocycles. The van der Waals surface area contributed by atoms with Crippen molar-refractivity contribution in [3.05, 3.63) is 78.5 Å². The maximum absolute atomic E-state index is 13.8. The second-order valence-corrected chi connectivity index (χ2v) is 7.35. The summed E-state index contributed by atoms with van der Waals surface area (Å²) < 4.78 is 15.2. The van der Waals surface area contributed by atoms with Crippen molar-refractivity contribution in [1.29, 1.82) is 0 Å². The van der Waals surface area contributed by atoms with Crippen LogP contribution in [-0.2, 0) is 24.3 Å². The number of carbonyl (C=O) groups excluding carboxylic acids is 1. The summed E-state index contributed by atoms with van der Waals surface area (Å²) >= 11 is 0. The van der Waals surface area contributed by atoms with Gasteiger partial charge in [-0.05, 0) is 30.3 Å². The summed E-state index contributed by atoms with van der Waals surface area (Å²) in [6, 6.07) is 9.85. The molecule has 0 bridgehead atoms. The molecule has 4 heterocycles. The summed E-state index contributed by atoms with van der Waals surface area (Å²) in [5, 5.41) is 7.22. The lowest BCUT2D eigenvalue weighted by Crippen LogP contribution is -2.39. The summed E-state index contributed by atoms with van der Waals surface area (Å²) in [5.41, 5.74) is 3.06. The number of nitrogens with zero attached hydrogens (tertiary/aromatic N) is 7. The standard InChI is InChI=1S/C22H19FN8O/c23-16-2-1-3-17(10-16)27-22-18-11-30(20(32)12-31-14-25-13-26-31)9-6-19(18)28-21(29-22)15-4-7-24-8-5-15/h1-5,7-8,10,13-14H,6,9,11-12H2,(H,27,28,29). The Bertz CT molecular complexity index is 1250. The lowest BCUT2D eigenvalue weighted by atomic mass is 10.0. The van der Waals surface area contributed by atoms with E-state index in [2.05, 4.69) is 20.4 Å². The molecule has 1 N–H and O–H groups in total. The molecule has 1 aliphatic rings. The number of halogens is 1. The molecule has 160 valence electrons. The zero-order valence-corrected chi connectivity index (χ0v) is 17.0. The van der Waals surface area contributed by atoms with E-state index in [4.69, 9.17) is 9.97 Å². The molecule has 1 amide bonds. The average molecular weight is 430 g/mol. The molecule has 5 rings (SSSR count). The van der Waals surface area contributed by atoms with Crippen LogP contribution in [0.25, 0.3) is 11.4 Å². The van der Waals surface area contributed by atoms with Gasteiger partial charge in [0.2, 0.25) is 5.91 Å². The van der Waals surface area contributed by atoms with Crippen LogP contribution in [0, 0.1) is 5.82 Å². The lowest BCUT2D eigenvalue weighted by molar-refractivity contribution is -0.133. The molecular formula is C22H19FN8O. The number of aromatic nitrogens is 6. The Morgan fingerprint density at radius 3 is 2.78 bits per heavy atom. The number of nitrogens with one attached hydrogen (secondary N) is 1. The van der Waals surface area contributed by atoms with Crippen LogP contribution in [0.5, 0.6) is 0 Å². The van der Waals surface area contributed by atoms with E-state index >= 15 is 0 Å². The number of rotatable bonds is 5. The van der Waals surface area contributed by atoms with Crippen molar-refractivity contribution in [3.63, 3.8) is 0 Å². The van der Waals surface area contributed by atoms with Gasteiger partial charge in [0.05, 0.1) is 12.2 Å². The van der Waals surface area contributed by atoms with Gasteiger partial charge in [-0.25, -0.2) is 24.0 Å². The Hall–Kier alpha value is -4.21. The van der Waals surface area contributed by atoms with Crippen molar-refractivity contribution in [1.82, 2.24) is 34.6 Å². The van der Waals surface area contributed by atoms with Gasteiger partial charge in [-0.15, -0.1) is 0 Å². The van der Waals surface area contributed by atoms with Crippen LogP contribution in [0.2, 0.25) is 0 Å². The molecule has 0 saturated carbocycles. The Labute approximate surface area is 183 Å². The normalized spacial score (nSPS) is 13.0. The number of hydrogen-bond acceptors (Lipinski definition) is 7. The maximum Gasteiger partial charge on any atom is 0.244 e. The van der Waals surface area contributed by atoms with Crippen molar-refractivity contribution in [3.8, 4) is 11.4 Å². The second-order valence-electron chi connectivity index (χ2n) is 7.35. The highest BCUT2D eigenvalue weighted by Crippen LogP contribution is 2.29. The zero-order valence-electron chi connectivity index (χ0n) is 17.0. The van der Waals surface area contributed by atoms with Gasteiger partial charge in [-0.1, -0.05) is 6.07 Å². The topological polar surface area (TPSA) is 102 Å². The quantitative estimate of drug-likeness (QED) is 0.519. The fraction of sp³-hybridized carbons (Fsp3) is 0.182. The van der Waals surface area contributed by atoms with E-state index in [1.165, 1.54) is 29.5 Å². The Balaban J connectivity index is 1.49. The first-order valence-electron chi connectivity index (χ1n) is 10.1. The number of amides is 1. The van der Waals surface area contributed by atoms with Crippen LogP contribution < -0.4 is 5.32 Å². The summed E-state index contributed by atoms with van der Waals surface area (Å²) in [4.78, 5) is 31.9. The van der Waals surface area contributed by atoms with E-state index in [1.807, 2.05) is 12.1 Å². The molecule has 0 unspecified atom stereocenters. The second kappa shape index (κ2) is 8.50. The lowest BCUT2D eigenvalue weighted by Gasteiger charge is -2.30. The van der Waals surface area contributed by atoms with E-state index in [0.29, 0.717) is 36.8 Å². The molecule has 9 nitrogen and oxygen atoms in total. The minimum atomic E-state index is -0.350. The van der Waals surface area contributed by atoms with Crippen LogP contribution in [0.3, 0.4) is 0 Å². The molecule has 4 aromatic rings. The molecule has 0 spiro atoms. The highest BCUT2D eigenvalue weighted by atomic mass is 19.1. The highest BCUT2D eigenvalue weighted by Gasteiger charge is 2.26. The number of anilines is 2. The zero-order chi connectivity index (χ0) is 21.9. The van der Waals surface area contributed by atoms with E-state index < -0.39 is 0 Å². The molecular weight excluding hydrogens is 411 g/mol. The van der Waals surface area contributed by atoms with Crippen LogP contribution >= 0.6 is 0 Å². The summed E-state index contributed by atoms with van der Waals surface area (Å²) in [6.07, 6.45) is 6.85. The molecule has 0 atom stereocenters. The Kier molecular flexibility index (Phi) is 5.24. The molecule has 0 aliphatic carbocycles. The summed E-state index contributed by atoms with van der Waals surface area (Å²) in [6.45, 7) is 0.988. The first kappa shape index (κ1) is 19.7. The minimum Gasteiger partial charge on any atom is -0.340 e. The number of hydrogen-bond donors (Lipinski definition) is 1. The SMILES string of the molecule is O=C(Cn1cncn1)N1CCc2nc(-c3ccncc3)nc(Nc3cccc(F)c3)c2C1. The fourth-order valence-electron chi connectivity index (χ4n) is 3.62. The van der Waals surface area contributed by atoms with E-state index in [9.17, 15) is 9.18 Å². The largest absolute Gasteiger partial charge is 0.340 e. The van der Waals surface area contributed by atoms with Crippen molar-refractivity contribution >= 4 is 17.4 Å². The first-order chi connectivity index (χ1) is 15.7. The van der Waals surface area contributed by atoms with E-state index in [-0.39, 0.29) is 18.3 Å². The number of pyridine rings is 1. The third kappa shape index (κ3) is 4.15. The van der Waals surface area contributed by atoms with Crippen molar-refractivity contribution in [2.45, 2.75) is 19.5 Å². The van der Waals surface area contributed by atoms with Gasteiger partial charge >= 0.3 is 0 Å². The molecule has 3 aromatic heterocycles. The predicted octanol–water partition coefficient (Wildman–Crippen LogP) is 2.60. The van der Waals surface area contributed by atoms with Gasteiger partial charge in [0.15, 0.2) is 5.82 Å². The highest BCUT2D eigenvalue weighted by molar-refractivity contribution is 5.77. The monoisotopic (exact) mass is 430 g/mol. The Morgan fingerprint density at radius 1 is 1.12 bits per heavy atom. The van der Waals surface area contributed by atoms with Gasteiger partial charge in [-0.3, -0.25) is 9.78 Å². The molecule has 0 fully saturated rings. The van der Waals surface area contributed by atoms with E-state index in [1.54, 1.807) is 29.4 Å². The van der Waals surface area contributed by atoms with E-state index in [0.717, 1.165) is 16.8 Å². The molecule has 0 radical (unpaired) electrons. The average Bonchev–Trinajstić information content (AvgIpc) is 3.32. The molecule has 32 heavy (non-hydrogen) atoms. The van der Waals surface area contributed by atoms with Crippen molar-refractivity contribution < 1.29 is 9.18 Å². The molecule has 1 aliphatic heterocycles. The van der Waals surface area contributed by atoms with Crippen LogP contribution in [0.1, 0.15) is 11.3 Å². The fourth-order valence-corrected chi connectivity index (χ4v) is 3.62. The molecule has 1 aromatic carbocycles. The minimum absolute atomic E-state index is 0.0731. The van der Waals surface area contributed by atoms with Gasteiger partial charge < -0.3 is 10.2 Å². The smallest absolute Gasteiger partial charge is 0.244 e. The van der Waals surface area contributed by atoms with Gasteiger partial charge in [0.1, 0.15) is 30.8 Å². The summed E-state index contributed by atoms with van der Waals surface area (Å²) in [5.74, 6) is 0.672. The van der Waals surface area contributed by atoms with Gasteiger partial charge in [0, 0.05) is 42.2 Å². The predicted molar refractivity (Wildman–Crippen MR) is 114 cm³/mol. The maximum atomic E-state index is 13.8. The number of benzene rings is 1. The molecule has 10 heteroatoms. The van der Waals surface area contributed by atoms with Crippen LogP contribution in [-0.4, -0.2) is 47.1 Å². The Morgan fingerprint density at radius 2 is 2.00 bits per heavy atom. The number of fused-ring (bicyclic) bond motifs is 1. The van der Waals surface area contributed by atoms with Gasteiger partial charge in [-0.2, -0.15) is 5.10 Å². The van der Waals surface area contributed by atoms with Crippen LogP contribution in [0.15, 0.2) is 61.4 Å². The van der Waals surface area contributed by atoms with Crippen LogP contribution in [0.4, 0.5) is 15.9 Å².